The Morgan fingerprint density at radius 2 is 2.06 bits per heavy atom. The first-order valence-corrected chi connectivity index (χ1v) is 6.53. The van der Waals surface area contributed by atoms with Crippen molar-refractivity contribution in [1.82, 2.24) is 4.90 Å². The molecule has 1 fully saturated rings. The molecule has 0 aromatic heterocycles. The van der Waals surface area contributed by atoms with Crippen LogP contribution in [0.3, 0.4) is 0 Å². The minimum absolute atomic E-state index is 0.116. The molecule has 1 N–H and O–H groups in total. The minimum Gasteiger partial charge on any atom is -0.392 e. The monoisotopic (exact) mass is 252 g/mol. The van der Waals surface area contributed by atoms with Crippen molar-refractivity contribution in [3.05, 3.63) is 29.6 Å². The molecule has 0 bridgehead atoms. The summed E-state index contributed by atoms with van der Waals surface area (Å²) in [6.07, 6.45) is 2.56. The fourth-order valence-corrected chi connectivity index (χ4v) is 2.38. The molecule has 0 amide bonds. The largest absolute Gasteiger partial charge is 0.392 e. The number of hydrogen-bond acceptors (Lipinski definition) is 3. The van der Waals surface area contributed by atoms with E-state index in [1.165, 1.54) is 32.0 Å². The second-order valence-corrected chi connectivity index (χ2v) is 4.91. The first-order valence-electron chi connectivity index (χ1n) is 6.53. The molecule has 0 unspecified atom stereocenters. The number of likely N-dealkylation sites (N-methyl/N-ethyl adjacent to an activating group) is 1. The molecular formula is C14H21FN2O. The molecule has 3 nitrogen and oxygen atoms in total. The van der Waals surface area contributed by atoms with Gasteiger partial charge >= 0.3 is 0 Å². The zero-order valence-electron chi connectivity index (χ0n) is 10.9. The Morgan fingerprint density at radius 1 is 1.33 bits per heavy atom. The lowest BCUT2D eigenvalue weighted by atomic mass is 10.2. The molecule has 1 aliphatic rings. The van der Waals surface area contributed by atoms with E-state index >= 15 is 0 Å². The number of rotatable bonds is 5. The lowest BCUT2D eigenvalue weighted by Gasteiger charge is -2.23. The van der Waals surface area contributed by atoms with Gasteiger partial charge in [-0.25, -0.2) is 4.39 Å². The van der Waals surface area contributed by atoms with Gasteiger partial charge in [-0.05, 0) is 43.6 Å². The Bertz CT molecular complexity index is 391. The van der Waals surface area contributed by atoms with Gasteiger partial charge in [0.05, 0.1) is 12.3 Å². The van der Waals surface area contributed by atoms with Crippen LogP contribution in [0.15, 0.2) is 18.2 Å². The third-order valence-corrected chi connectivity index (χ3v) is 3.56. The van der Waals surface area contributed by atoms with E-state index in [0.717, 1.165) is 13.1 Å². The summed E-state index contributed by atoms with van der Waals surface area (Å²) in [5, 5.41) is 8.95. The van der Waals surface area contributed by atoms with Gasteiger partial charge in [0, 0.05) is 20.1 Å². The van der Waals surface area contributed by atoms with Crippen LogP contribution in [0.1, 0.15) is 18.4 Å². The topological polar surface area (TPSA) is 26.7 Å². The standard InChI is InChI=1S/C14H21FN2O/c1-16(8-9-17-6-2-3-7-17)14-5-4-12(11-18)10-13(14)15/h4-5,10,18H,2-3,6-9,11H2,1H3. The van der Waals surface area contributed by atoms with Gasteiger partial charge in [-0.3, -0.25) is 0 Å². The van der Waals surface area contributed by atoms with Gasteiger partial charge in [0.2, 0.25) is 0 Å². The van der Waals surface area contributed by atoms with Crippen LogP contribution in [0.5, 0.6) is 0 Å². The van der Waals surface area contributed by atoms with Crippen LogP contribution in [0, 0.1) is 5.82 Å². The van der Waals surface area contributed by atoms with E-state index in [0.29, 0.717) is 11.3 Å². The summed E-state index contributed by atoms with van der Waals surface area (Å²) in [6, 6.07) is 4.91. The van der Waals surface area contributed by atoms with E-state index in [1.807, 2.05) is 11.9 Å². The highest BCUT2D eigenvalue weighted by Gasteiger charge is 2.13. The van der Waals surface area contributed by atoms with Gasteiger partial charge in [0.25, 0.3) is 0 Å². The molecule has 0 spiro atoms. The Labute approximate surface area is 108 Å². The number of hydrogen-bond donors (Lipinski definition) is 1. The van der Waals surface area contributed by atoms with Crippen molar-refractivity contribution in [2.45, 2.75) is 19.4 Å². The predicted octanol–water partition coefficient (Wildman–Crippen LogP) is 1.85. The average Bonchev–Trinajstić information content (AvgIpc) is 2.88. The van der Waals surface area contributed by atoms with Crippen LogP contribution in [0.2, 0.25) is 0 Å². The molecule has 1 aliphatic heterocycles. The molecule has 1 saturated heterocycles. The zero-order chi connectivity index (χ0) is 13.0. The number of halogens is 1. The number of nitrogens with zero attached hydrogens (tertiary/aromatic N) is 2. The molecule has 2 rings (SSSR count). The maximum absolute atomic E-state index is 13.8. The van der Waals surface area contributed by atoms with E-state index < -0.39 is 0 Å². The first-order chi connectivity index (χ1) is 8.70. The maximum Gasteiger partial charge on any atom is 0.146 e. The molecule has 1 aromatic rings. The van der Waals surface area contributed by atoms with Crippen molar-refractivity contribution in [3.63, 3.8) is 0 Å². The summed E-state index contributed by atoms with van der Waals surface area (Å²) in [4.78, 5) is 4.35. The second kappa shape index (κ2) is 6.16. The van der Waals surface area contributed by atoms with E-state index in [-0.39, 0.29) is 12.4 Å². The van der Waals surface area contributed by atoms with E-state index in [1.54, 1.807) is 12.1 Å². The Balaban J connectivity index is 1.93. The first kappa shape index (κ1) is 13.3. The van der Waals surface area contributed by atoms with E-state index in [4.69, 9.17) is 5.11 Å². The highest BCUT2D eigenvalue weighted by molar-refractivity contribution is 5.48. The third kappa shape index (κ3) is 3.21. The van der Waals surface area contributed by atoms with Crippen molar-refractivity contribution >= 4 is 5.69 Å². The average molecular weight is 252 g/mol. The number of benzene rings is 1. The van der Waals surface area contributed by atoms with Crippen molar-refractivity contribution < 1.29 is 9.50 Å². The molecule has 18 heavy (non-hydrogen) atoms. The van der Waals surface area contributed by atoms with Crippen LogP contribution in [-0.4, -0.2) is 43.2 Å². The molecule has 0 radical (unpaired) electrons. The minimum atomic E-state index is -0.259. The van der Waals surface area contributed by atoms with Gasteiger partial charge in [-0.1, -0.05) is 6.07 Å². The Morgan fingerprint density at radius 3 is 2.67 bits per heavy atom. The fraction of sp³-hybridized carbons (Fsp3) is 0.571. The van der Waals surface area contributed by atoms with Crippen LogP contribution in [0.25, 0.3) is 0 Å². The van der Waals surface area contributed by atoms with Gasteiger partial charge in [-0.15, -0.1) is 0 Å². The summed E-state index contributed by atoms with van der Waals surface area (Å²) < 4.78 is 13.8. The summed E-state index contributed by atoms with van der Waals surface area (Å²) in [6.45, 7) is 4.03. The molecular weight excluding hydrogens is 231 g/mol. The molecule has 0 saturated carbocycles. The number of likely N-dealkylation sites (tertiary alicyclic amines) is 1. The molecule has 100 valence electrons. The normalized spacial score (nSPS) is 16.2. The van der Waals surface area contributed by atoms with Crippen molar-refractivity contribution in [1.29, 1.82) is 0 Å². The van der Waals surface area contributed by atoms with Gasteiger partial charge in [0.1, 0.15) is 5.82 Å². The smallest absolute Gasteiger partial charge is 0.146 e. The highest BCUT2D eigenvalue weighted by Crippen LogP contribution is 2.19. The van der Waals surface area contributed by atoms with E-state index in [9.17, 15) is 4.39 Å². The van der Waals surface area contributed by atoms with Crippen LogP contribution in [0.4, 0.5) is 10.1 Å². The molecule has 1 aromatic carbocycles. The maximum atomic E-state index is 13.8. The number of aliphatic hydroxyl groups is 1. The highest BCUT2D eigenvalue weighted by atomic mass is 19.1. The lowest BCUT2D eigenvalue weighted by Crippen LogP contribution is -2.31. The summed E-state index contributed by atoms with van der Waals surface area (Å²) in [7, 11) is 1.91. The number of aliphatic hydroxyl groups excluding tert-OH is 1. The van der Waals surface area contributed by atoms with Gasteiger partial charge in [-0.2, -0.15) is 0 Å². The zero-order valence-corrected chi connectivity index (χ0v) is 10.9. The van der Waals surface area contributed by atoms with Crippen molar-refractivity contribution in [2.24, 2.45) is 0 Å². The Hall–Kier alpha value is -1.13. The predicted molar refractivity (Wildman–Crippen MR) is 71.3 cm³/mol. The molecule has 4 heteroatoms. The fourth-order valence-electron chi connectivity index (χ4n) is 2.38. The summed E-state index contributed by atoms with van der Waals surface area (Å²) >= 11 is 0. The SMILES string of the molecule is CN(CCN1CCCC1)c1ccc(CO)cc1F. The van der Waals surface area contributed by atoms with E-state index in [2.05, 4.69) is 4.90 Å². The molecule has 0 aliphatic carbocycles. The van der Waals surface area contributed by atoms with Gasteiger partial charge < -0.3 is 14.9 Å². The number of anilines is 1. The summed E-state index contributed by atoms with van der Waals surface area (Å²) in [5.74, 6) is -0.259. The quantitative estimate of drug-likeness (QED) is 0.866. The van der Waals surface area contributed by atoms with Gasteiger partial charge in [0.15, 0.2) is 0 Å². The van der Waals surface area contributed by atoms with Crippen LogP contribution >= 0.6 is 0 Å². The third-order valence-electron chi connectivity index (χ3n) is 3.56. The molecule has 1 heterocycles. The second-order valence-electron chi connectivity index (χ2n) is 4.91. The van der Waals surface area contributed by atoms with Crippen molar-refractivity contribution in [3.8, 4) is 0 Å². The molecule has 0 atom stereocenters. The summed E-state index contributed by atoms with van der Waals surface area (Å²) in [5.41, 5.74) is 1.22. The lowest BCUT2D eigenvalue weighted by molar-refractivity contribution is 0.281. The van der Waals surface area contributed by atoms with Crippen LogP contribution < -0.4 is 4.90 Å². The van der Waals surface area contributed by atoms with Crippen molar-refractivity contribution in [2.75, 3.05) is 38.1 Å². The Kier molecular flexibility index (Phi) is 4.55. The van der Waals surface area contributed by atoms with Crippen LogP contribution in [-0.2, 0) is 6.61 Å².